The van der Waals surface area contributed by atoms with Crippen molar-refractivity contribution in [2.75, 3.05) is 26.8 Å². The Hall–Kier alpha value is -0.860. The average molecular weight is 207 g/mol. The SMILES string of the molecule is CCOCC(CNC)c1cccc(C)c1. The number of aryl methyl sites for hydroxylation is 1. The number of nitrogens with one attached hydrogen (secondary N) is 1. The zero-order valence-electron chi connectivity index (χ0n) is 9.92. The molecule has 0 saturated heterocycles. The lowest BCUT2D eigenvalue weighted by molar-refractivity contribution is 0.132. The van der Waals surface area contributed by atoms with Crippen molar-refractivity contribution < 1.29 is 4.74 Å². The average Bonchev–Trinajstić information content (AvgIpc) is 2.24. The molecule has 0 fully saturated rings. The van der Waals surface area contributed by atoms with Crippen molar-refractivity contribution in [3.8, 4) is 0 Å². The van der Waals surface area contributed by atoms with Crippen molar-refractivity contribution >= 4 is 0 Å². The minimum atomic E-state index is 0.454. The van der Waals surface area contributed by atoms with E-state index in [4.69, 9.17) is 4.74 Å². The van der Waals surface area contributed by atoms with Gasteiger partial charge in [-0.3, -0.25) is 0 Å². The molecule has 2 heteroatoms. The first-order valence-electron chi connectivity index (χ1n) is 5.56. The van der Waals surface area contributed by atoms with Gasteiger partial charge in [-0.25, -0.2) is 0 Å². The van der Waals surface area contributed by atoms with E-state index in [0.717, 1.165) is 19.8 Å². The highest BCUT2D eigenvalue weighted by Crippen LogP contribution is 2.16. The Kier molecular flexibility index (Phi) is 5.37. The van der Waals surface area contributed by atoms with Gasteiger partial charge in [-0.2, -0.15) is 0 Å². The van der Waals surface area contributed by atoms with Crippen LogP contribution in [0.2, 0.25) is 0 Å². The third-order valence-electron chi connectivity index (χ3n) is 2.49. The maximum absolute atomic E-state index is 5.50. The number of rotatable bonds is 6. The van der Waals surface area contributed by atoms with Gasteiger partial charge in [0.25, 0.3) is 0 Å². The molecule has 1 rings (SSSR count). The maximum atomic E-state index is 5.50. The van der Waals surface area contributed by atoms with Crippen LogP contribution in [0.1, 0.15) is 24.0 Å². The summed E-state index contributed by atoms with van der Waals surface area (Å²) < 4.78 is 5.50. The van der Waals surface area contributed by atoms with E-state index in [1.54, 1.807) is 0 Å². The molecule has 0 aliphatic carbocycles. The molecule has 1 aromatic rings. The third-order valence-corrected chi connectivity index (χ3v) is 2.49. The molecule has 1 unspecified atom stereocenters. The fourth-order valence-corrected chi connectivity index (χ4v) is 1.70. The van der Waals surface area contributed by atoms with Gasteiger partial charge in [-0.1, -0.05) is 29.8 Å². The van der Waals surface area contributed by atoms with E-state index < -0.39 is 0 Å². The standard InChI is InChI=1S/C13H21NO/c1-4-15-10-13(9-14-3)12-7-5-6-11(2)8-12/h5-8,13-14H,4,9-10H2,1-3H3. The summed E-state index contributed by atoms with van der Waals surface area (Å²) in [6, 6.07) is 8.65. The van der Waals surface area contributed by atoms with Gasteiger partial charge in [0.15, 0.2) is 0 Å². The molecule has 0 radical (unpaired) electrons. The van der Waals surface area contributed by atoms with Crippen LogP contribution in [-0.2, 0) is 4.74 Å². The van der Waals surface area contributed by atoms with Crippen molar-refractivity contribution in [1.29, 1.82) is 0 Å². The quantitative estimate of drug-likeness (QED) is 0.773. The number of hydrogen-bond acceptors (Lipinski definition) is 2. The van der Waals surface area contributed by atoms with E-state index in [2.05, 4.69) is 36.5 Å². The normalized spacial score (nSPS) is 12.7. The summed E-state index contributed by atoms with van der Waals surface area (Å²) in [4.78, 5) is 0. The summed E-state index contributed by atoms with van der Waals surface area (Å²) in [6.07, 6.45) is 0. The maximum Gasteiger partial charge on any atom is 0.0546 e. The van der Waals surface area contributed by atoms with Gasteiger partial charge in [0, 0.05) is 19.1 Å². The fourth-order valence-electron chi connectivity index (χ4n) is 1.70. The predicted octanol–water partition coefficient (Wildman–Crippen LogP) is 2.33. The zero-order chi connectivity index (χ0) is 11.1. The van der Waals surface area contributed by atoms with Crippen LogP contribution in [0.15, 0.2) is 24.3 Å². The molecule has 15 heavy (non-hydrogen) atoms. The van der Waals surface area contributed by atoms with E-state index in [0.29, 0.717) is 5.92 Å². The molecular formula is C13H21NO. The Morgan fingerprint density at radius 2 is 2.20 bits per heavy atom. The molecule has 0 aliphatic heterocycles. The predicted molar refractivity (Wildman–Crippen MR) is 64.3 cm³/mol. The number of benzene rings is 1. The van der Waals surface area contributed by atoms with Gasteiger partial charge in [0.2, 0.25) is 0 Å². The number of hydrogen-bond donors (Lipinski definition) is 1. The van der Waals surface area contributed by atoms with Crippen molar-refractivity contribution in [2.24, 2.45) is 0 Å². The van der Waals surface area contributed by atoms with Crippen LogP contribution in [0.3, 0.4) is 0 Å². The highest BCUT2D eigenvalue weighted by molar-refractivity contribution is 5.25. The number of likely N-dealkylation sites (N-methyl/N-ethyl adjacent to an activating group) is 1. The van der Waals surface area contributed by atoms with E-state index in [1.165, 1.54) is 11.1 Å². The van der Waals surface area contributed by atoms with E-state index in [9.17, 15) is 0 Å². The molecular weight excluding hydrogens is 186 g/mol. The zero-order valence-corrected chi connectivity index (χ0v) is 9.92. The Labute approximate surface area is 92.6 Å². The number of ether oxygens (including phenoxy) is 1. The van der Waals surface area contributed by atoms with Crippen LogP contribution in [0.4, 0.5) is 0 Å². The summed E-state index contributed by atoms with van der Waals surface area (Å²) in [5, 5.41) is 3.21. The third kappa shape index (κ3) is 4.02. The lowest BCUT2D eigenvalue weighted by Crippen LogP contribution is -2.21. The topological polar surface area (TPSA) is 21.3 Å². The molecule has 0 saturated carbocycles. The Morgan fingerprint density at radius 1 is 1.40 bits per heavy atom. The minimum absolute atomic E-state index is 0.454. The monoisotopic (exact) mass is 207 g/mol. The van der Waals surface area contributed by atoms with Gasteiger partial charge >= 0.3 is 0 Å². The van der Waals surface area contributed by atoms with Crippen molar-refractivity contribution in [3.63, 3.8) is 0 Å². The van der Waals surface area contributed by atoms with Crippen LogP contribution in [-0.4, -0.2) is 26.8 Å². The Morgan fingerprint density at radius 3 is 2.80 bits per heavy atom. The van der Waals surface area contributed by atoms with Gasteiger partial charge in [0.05, 0.1) is 6.61 Å². The first kappa shape index (κ1) is 12.2. The highest BCUT2D eigenvalue weighted by Gasteiger charge is 2.10. The van der Waals surface area contributed by atoms with Crippen LogP contribution >= 0.6 is 0 Å². The minimum Gasteiger partial charge on any atom is -0.381 e. The van der Waals surface area contributed by atoms with Gasteiger partial charge in [0.1, 0.15) is 0 Å². The lowest BCUT2D eigenvalue weighted by Gasteiger charge is -2.17. The lowest BCUT2D eigenvalue weighted by atomic mass is 9.98. The molecule has 1 atom stereocenters. The second kappa shape index (κ2) is 6.59. The summed E-state index contributed by atoms with van der Waals surface area (Å²) in [5.41, 5.74) is 2.67. The fraction of sp³-hybridized carbons (Fsp3) is 0.538. The van der Waals surface area contributed by atoms with Crippen LogP contribution in [0, 0.1) is 6.92 Å². The van der Waals surface area contributed by atoms with Gasteiger partial charge in [-0.05, 0) is 26.5 Å². The first-order chi connectivity index (χ1) is 7.27. The van der Waals surface area contributed by atoms with E-state index in [1.807, 2.05) is 14.0 Å². The summed E-state index contributed by atoms with van der Waals surface area (Å²) in [5.74, 6) is 0.454. The second-order valence-electron chi connectivity index (χ2n) is 3.83. The van der Waals surface area contributed by atoms with Crippen LogP contribution < -0.4 is 5.32 Å². The summed E-state index contributed by atoms with van der Waals surface area (Å²) in [7, 11) is 1.98. The summed E-state index contributed by atoms with van der Waals surface area (Å²) >= 11 is 0. The highest BCUT2D eigenvalue weighted by atomic mass is 16.5. The largest absolute Gasteiger partial charge is 0.381 e. The molecule has 84 valence electrons. The van der Waals surface area contributed by atoms with Crippen molar-refractivity contribution in [3.05, 3.63) is 35.4 Å². The molecule has 1 N–H and O–H groups in total. The molecule has 0 aromatic heterocycles. The van der Waals surface area contributed by atoms with Gasteiger partial charge in [-0.15, -0.1) is 0 Å². The molecule has 1 aromatic carbocycles. The van der Waals surface area contributed by atoms with E-state index >= 15 is 0 Å². The second-order valence-corrected chi connectivity index (χ2v) is 3.83. The van der Waals surface area contributed by atoms with Crippen LogP contribution in [0.25, 0.3) is 0 Å². The smallest absolute Gasteiger partial charge is 0.0546 e. The molecule has 0 spiro atoms. The van der Waals surface area contributed by atoms with Crippen molar-refractivity contribution in [2.45, 2.75) is 19.8 Å². The van der Waals surface area contributed by atoms with Crippen molar-refractivity contribution in [1.82, 2.24) is 5.32 Å². The Balaban J connectivity index is 2.69. The van der Waals surface area contributed by atoms with Gasteiger partial charge < -0.3 is 10.1 Å². The molecule has 0 aliphatic rings. The van der Waals surface area contributed by atoms with Crippen LogP contribution in [0.5, 0.6) is 0 Å². The Bertz CT molecular complexity index is 286. The molecule has 0 heterocycles. The molecule has 2 nitrogen and oxygen atoms in total. The molecule has 0 amide bonds. The first-order valence-corrected chi connectivity index (χ1v) is 5.56. The van der Waals surface area contributed by atoms with E-state index in [-0.39, 0.29) is 0 Å². The molecule has 0 bridgehead atoms. The summed E-state index contributed by atoms with van der Waals surface area (Å²) in [6.45, 7) is 6.70.